The molecule has 1 N–H and O–H groups in total. The van der Waals surface area contributed by atoms with E-state index in [4.69, 9.17) is 0 Å². The van der Waals surface area contributed by atoms with Crippen LogP contribution in [0.25, 0.3) is 11.1 Å². The van der Waals surface area contributed by atoms with Gasteiger partial charge in [0.15, 0.2) is 0 Å². The third kappa shape index (κ3) is 4.46. The summed E-state index contributed by atoms with van der Waals surface area (Å²) in [4.78, 5) is 21.7. The lowest BCUT2D eigenvalue weighted by Gasteiger charge is -2.26. The van der Waals surface area contributed by atoms with Gasteiger partial charge in [0.25, 0.3) is 11.4 Å². The van der Waals surface area contributed by atoms with E-state index in [0.29, 0.717) is 25.7 Å². The normalized spacial score (nSPS) is 18.4. The molecule has 2 aliphatic heterocycles. The monoisotopic (exact) mass is 579 g/mol. The molecule has 39 heavy (non-hydrogen) atoms. The zero-order chi connectivity index (χ0) is 28.1. The van der Waals surface area contributed by atoms with Crippen LogP contribution in [0, 0.1) is 20.2 Å². The minimum absolute atomic E-state index is 0.215. The fourth-order valence-corrected chi connectivity index (χ4v) is 8.58. The van der Waals surface area contributed by atoms with Crippen molar-refractivity contribution >= 4 is 37.1 Å². The molecule has 2 fully saturated rings. The maximum atomic E-state index is 13.4. The Morgan fingerprint density at radius 1 is 0.667 bits per heavy atom. The fourth-order valence-electron chi connectivity index (χ4n) is 5.45. The third-order valence-corrected chi connectivity index (χ3v) is 11.1. The van der Waals surface area contributed by atoms with Crippen LogP contribution in [0.5, 0.6) is 0 Å². The second kappa shape index (κ2) is 9.93. The molecule has 5 rings (SSSR count). The van der Waals surface area contributed by atoms with Gasteiger partial charge in [0.1, 0.15) is 5.71 Å². The van der Waals surface area contributed by atoms with E-state index in [1.807, 2.05) is 0 Å². The second-order valence-electron chi connectivity index (χ2n) is 9.62. The van der Waals surface area contributed by atoms with Gasteiger partial charge in [-0.05, 0) is 37.8 Å². The number of benzene rings is 2. The first-order chi connectivity index (χ1) is 18.5. The van der Waals surface area contributed by atoms with Gasteiger partial charge >= 0.3 is 0 Å². The van der Waals surface area contributed by atoms with Gasteiger partial charge in [-0.25, -0.2) is 16.8 Å². The zero-order valence-corrected chi connectivity index (χ0v) is 22.3. The molecule has 1 aliphatic carbocycles. The van der Waals surface area contributed by atoms with Crippen LogP contribution < -0.4 is 0 Å². The third-order valence-electron chi connectivity index (χ3n) is 7.34. The Balaban J connectivity index is 1.75. The molecule has 3 aliphatic rings. The van der Waals surface area contributed by atoms with Crippen molar-refractivity contribution in [1.29, 1.82) is 0 Å². The molecule has 0 aromatic heterocycles. The van der Waals surface area contributed by atoms with Gasteiger partial charge < -0.3 is 5.21 Å². The smallest absolute Gasteiger partial charge is 0.279 e. The molecule has 0 unspecified atom stereocenters. The summed E-state index contributed by atoms with van der Waals surface area (Å²) >= 11 is 0. The number of sulfonamides is 2. The van der Waals surface area contributed by atoms with E-state index in [9.17, 15) is 42.3 Å². The summed E-state index contributed by atoms with van der Waals surface area (Å²) in [6, 6.07) is 3.86. The number of fused-ring (bicyclic) bond motifs is 3. The molecular weight excluding hydrogens is 554 g/mol. The lowest BCUT2D eigenvalue weighted by Crippen LogP contribution is -2.35. The summed E-state index contributed by atoms with van der Waals surface area (Å²) in [5, 5.41) is 37.4. The van der Waals surface area contributed by atoms with Crippen molar-refractivity contribution in [3.05, 3.63) is 55.6 Å². The summed E-state index contributed by atoms with van der Waals surface area (Å²) < 4.78 is 55.9. The van der Waals surface area contributed by atoms with Gasteiger partial charge in [-0.2, -0.15) is 8.61 Å². The van der Waals surface area contributed by atoms with Crippen LogP contribution in [0.3, 0.4) is 0 Å². The average Bonchev–Trinajstić information content (AvgIpc) is 3.26. The number of oxime groups is 1. The fraction of sp³-hybridized carbons (Fsp3) is 0.435. The topological polar surface area (TPSA) is 194 Å². The predicted octanol–water partition coefficient (Wildman–Crippen LogP) is 3.06. The minimum Gasteiger partial charge on any atom is -0.410 e. The molecule has 0 bridgehead atoms. The van der Waals surface area contributed by atoms with Crippen molar-refractivity contribution in [2.45, 2.75) is 48.3 Å². The van der Waals surface area contributed by atoms with Gasteiger partial charge in [-0.1, -0.05) is 18.0 Å². The van der Waals surface area contributed by atoms with Crippen molar-refractivity contribution in [3.8, 4) is 11.1 Å². The van der Waals surface area contributed by atoms with E-state index < -0.39 is 56.8 Å². The lowest BCUT2D eigenvalue weighted by molar-refractivity contribution is -0.386. The number of hydrogen-bond acceptors (Lipinski definition) is 10. The van der Waals surface area contributed by atoms with Gasteiger partial charge in [0.05, 0.1) is 30.8 Å². The highest BCUT2D eigenvalue weighted by Crippen LogP contribution is 2.49. The number of piperidine rings is 2. The molecule has 0 saturated carbocycles. The number of nitro benzene ring substituents is 2. The Hall–Kier alpha value is -3.47. The zero-order valence-electron chi connectivity index (χ0n) is 20.6. The molecule has 14 nitrogen and oxygen atoms in total. The van der Waals surface area contributed by atoms with E-state index in [2.05, 4.69) is 5.16 Å². The van der Waals surface area contributed by atoms with Crippen LogP contribution in [0.1, 0.15) is 49.7 Å². The number of hydrogen-bond donors (Lipinski definition) is 1. The lowest BCUT2D eigenvalue weighted by atomic mass is 10.0. The van der Waals surface area contributed by atoms with Crippen molar-refractivity contribution < 1.29 is 31.9 Å². The second-order valence-corrected chi connectivity index (χ2v) is 13.5. The van der Waals surface area contributed by atoms with Crippen LogP contribution in [-0.4, -0.2) is 72.4 Å². The number of nitrogens with zero attached hydrogens (tertiary/aromatic N) is 5. The first-order valence-corrected chi connectivity index (χ1v) is 15.2. The molecule has 2 heterocycles. The molecule has 0 spiro atoms. The highest BCUT2D eigenvalue weighted by atomic mass is 32.2. The first kappa shape index (κ1) is 27.1. The van der Waals surface area contributed by atoms with Gasteiger partial charge in [-0.15, -0.1) is 0 Å². The maximum Gasteiger partial charge on any atom is 0.279 e. The SMILES string of the molecule is O=[N+]([O-])c1cc(S(=O)(=O)N2CCCCC2)cc2c1-c1c(cc(S(=O)(=O)N3CCCCC3)cc1[N+](=O)[O-])C2=NO. The summed E-state index contributed by atoms with van der Waals surface area (Å²) in [7, 11) is -8.35. The Labute approximate surface area is 223 Å². The quantitative estimate of drug-likeness (QED) is 0.259. The van der Waals surface area contributed by atoms with Crippen LogP contribution in [0.2, 0.25) is 0 Å². The molecule has 0 amide bonds. The molecule has 0 radical (unpaired) electrons. The highest BCUT2D eigenvalue weighted by molar-refractivity contribution is 7.89. The summed E-state index contributed by atoms with van der Waals surface area (Å²) in [6.07, 6.45) is 4.20. The van der Waals surface area contributed by atoms with Gasteiger partial charge in [-0.3, -0.25) is 20.2 Å². The molecule has 0 atom stereocenters. The van der Waals surface area contributed by atoms with Gasteiger partial charge in [0.2, 0.25) is 20.0 Å². The standard InChI is InChI=1S/C23H25N5O9S2/c29-24-23-17-11-15(38(34,35)25-7-3-1-4-8-25)13-19(27(30)31)21(17)22-18(23)12-16(14-20(22)28(32)33)39(36,37)26-9-5-2-6-10-26/h11-14,29H,1-10H2. The molecule has 2 aromatic rings. The van der Waals surface area contributed by atoms with E-state index >= 15 is 0 Å². The Bertz CT molecular complexity index is 1510. The molecule has 2 aromatic carbocycles. The van der Waals surface area contributed by atoms with Crippen LogP contribution in [-0.2, 0) is 20.0 Å². The Morgan fingerprint density at radius 2 is 1.03 bits per heavy atom. The molecular formula is C23H25N5O9S2. The van der Waals surface area contributed by atoms with Crippen molar-refractivity contribution in [2.24, 2.45) is 5.16 Å². The number of nitro groups is 2. The van der Waals surface area contributed by atoms with Crippen molar-refractivity contribution in [2.75, 3.05) is 26.2 Å². The van der Waals surface area contributed by atoms with E-state index in [1.165, 1.54) is 8.61 Å². The molecule has 16 heteroatoms. The van der Waals surface area contributed by atoms with E-state index in [0.717, 1.165) is 37.1 Å². The average molecular weight is 580 g/mol. The highest BCUT2D eigenvalue weighted by Gasteiger charge is 2.42. The van der Waals surface area contributed by atoms with E-state index in [-0.39, 0.29) is 48.4 Å². The molecule has 2 saturated heterocycles. The number of rotatable bonds is 6. The van der Waals surface area contributed by atoms with E-state index in [1.54, 1.807) is 0 Å². The Morgan fingerprint density at radius 3 is 1.33 bits per heavy atom. The van der Waals surface area contributed by atoms with Crippen LogP contribution in [0.15, 0.2) is 39.2 Å². The maximum absolute atomic E-state index is 13.4. The predicted molar refractivity (Wildman–Crippen MR) is 138 cm³/mol. The first-order valence-electron chi connectivity index (χ1n) is 12.4. The summed E-state index contributed by atoms with van der Waals surface area (Å²) in [5.74, 6) is 0. The summed E-state index contributed by atoms with van der Waals surface area (Å²) in [5.41, 5.74) is -2.92. The largest absolute Gasteiger partial charge is 0.410 e. The van der Waals surface area contributed by atoms with Crippen molar-refractivity contribution in [1.82, 2.24) is 8.61 Å². The summed E-state index contributed by atoms with van der Waals surface area (Å²) in [6.45, 7) is 0.935. The van der Waals surface area contributed by atoms with Crippen LogP contribution in [0.4, 0.5) is 11.4 Å². The van der Waals surface area contributed by atoms with Gasteiger partial charge in [0, 0.05) is 49.4 Å². The molecule has 208 valence electrons. The van der Waals surface area contributed by atoms with Crippen LogP contribution >= 0.6 is 0 Å². The van der Waals surface area contributed by atoms with Crippen molar-refractivity contribution in [3.63, 3.8) is 0 Å². The Kier molecular flexibility index (Phi) is 6.90. The minimum atomic E-state index is -4.18.